The number of H-pyrrole nitrogens is 1. The van der Waals surface area contributed by atoms with Gasteiger partial charge in [0.15, 0.2) is 5.78 Å². The minimum atomic E-state index is -1.25. The van der Waals surface area contributed by atoms with Crippen molar-refractivity contribution in [2.75, 3.05) is 0 Å². The number of aromatic nitrogens is 1. The zero-order valence-corrected chi connectivity index (χ0v) is 19.4. The number of carbonyl (C=O) groups is 1. The Bertz CT molecular complexity index is 1170. The topological polar surface area (TPSA) is 82.5 Å². The van der Waals surface area contributed by atoms with Crippen LogP contribution in [0.4, 0.5) is 0 Å². The first-order chi connectivity index (χ1) is 15.0. The van der Waals surface area contributed by atoms with Crippen LogP contribution in [-0.4, -0.2) is 44.4 Å². The highest BCUT2D eigenvalue weighted by molar-refractivity contribution is 5.96. The Hall–Kier alpha value is -1.95. The van der Waals surface area contributed by atoms with Crippen LogP contribution in [0.1, 0.15) is 64.6 Å². The number of carbonyl (C=O) groups excluding carboxylic acids is 1. The van der Waals surface area contributed by atoms with Gasteiger partial charge in [-0.05, 0) is 75.1 Å². The molecule has 2 heterocycles. The molecule has 5 nitrogen and oxygen atoms in total. The van der Waals surface area contributed by atoms with Gasteiger partial charge in [0.25, 0.3) is 0 Å². The highest BCUT2D eigenvalue weighted by atomic mass is 16.5. The quantitative estimate of drug-likeness (QED) is 0.633. The van der Waals surface area contributed by atoms with Crippen molar-refractivity contribution in [1.82, 2.24) is 4.98 Å². The van der Waals surface area contributed by atoms with Gasteiger partial charge in [-0.2, -0.15) is 0 Å². The second-order valence-corrected chi connectivity index (χ2v) is 11.6. The summed E-state index contributed by atoms with van der Waals surface area (Å²) in [6.07, 6.45) is 4.51. The number of ether oxygens (including phenoxy) is 1. The normalized spacial score (nSPS) is 41.0. The minimum absolute atomic E-state index is 0.226. The van der Waals surface area contributed by atoms with Crippen LogP contribution < -0.4 is 0 Å². The number of nitrogens with one attached hydrogen (secondary N) is 1. The van der Waals surface area contributed by atoms with Crippen LogP contribution in [0.5, 0.6) is 0 Å². The summed E-state index contributed by atoms with van der Waals surface area (Å²) in [6, 6.07) is 8.49. The van der Waals surface area contributed by atoms with Gasteiger partial charge in [-0.15, -0.1) is 0 Å². The average Bonchev–Trinajstić information content (AvgIpc) is 3.24. The predicted octanol–water partition coefficient (Wildman–Crippen LogP) is 3.96. The largest absolute Gasteiger partial charge is 0.387 e. The second kappa shape index (κ2) is 6.13. The van der Waals surface area contributed by atoms with Crippen molar-refractivity contribution in [1.29, 1.82) is 0 Å². The molecule has 0 saturated heterocycles. The molecule has 1 aromatic carbocycles. The Morgan fingerprint density at radius 2 is 1.91 bits per heavy atom. The van der Waals surface area contributed by atoms with Crippen molar-refractivity contribution < 1.29 is 19.7 Å². The van der Waals surface area contributed by atoms with Gasteiger partial charge in [0, 0.05) is 27.4 Å². The van der Waals surface area contributed by atoms with E-state index >= 15 is 0 Å². The number of ketones is 1. The Morgan fingerprint density at radius 1 is 1.16 bits per heavy atom. The lowest BCUT2D eigenvalue weighted by molar-refractivity contribution is -0.195. The highest BCUT2D eigenvalue weighted by Gasteiger charge is 2.70. The van der Waals surface area contributed by atoms with Crippen LogP contribution in [0.3, 0.4) is 0 Å². The molecule has 4 aliphatic rings. The lowest BCUT2D eigenvalue weighted by atomic mass is 9.42. The average molecular weight is 436 g/mol. The van der Waals surface area contributed by atoms with Gasteiger partial charge < -0.3 is 19.9 Å². The van der Waals surface area contributed by atoms with E-state index in [9.17, 15) is 15.0 Å². The summed E-state index contributed by atoms with van der Waals surface area (Å²) >= 11 is 0. The Labute approximate surface area is 188 Å². The van der Waals surface area contributed by atoms with E-state index in [0.29, 0.717) is 12.3 Å². The first-order valence-corrected chi connectivity index (χ1v) is 12.0. The SMILES string of the molecule is CC(C)(O)[C@@H]1O[C@@H]2CC[C@@]3(C)[C@](O)(CC[C@@H]4Cc5c([nH]c6ccccc56)[C@]43C)C2=CC1=O. The van der Waals surface area contributed by atoms with Crippen molar-refractivity contribution in [2.24, 2.45) is 11.3 Å². The van der Waals surface area contributed by atoms with Crippen LogP contribution in [0.25, 0.3) is 10.9 Å². The van der Waals surface area contributed by atoms with Crippen molar-refractivity contribution in [3.8, 4) is 0 Å². The van der Waals surface area contributed by atoms with Crippen LogP contribution in [0, 0.1) is 11.3 Å². The van der Waals surface area contributed by atoms with Gasteiger partial charge in [-0.25, -0.2) is 0 Å². The molecule has 0 spiro atoms. The number of benzene rings is 1. The third-order valence-electron chi connectivity index (χ3n) is 9.74. The fourth-order valence-electron chi connectivity index (χ4n) is 7.82. The molecule has 1 aliphatic heterocycles. The Balaban J connectivity index is 1.50. The highest BCUT2D eigenvalue weighted by Crippen LogP contribution is 2.69. The summed E-state index contributed by atoms with van der Waals surface area (Å²) in [6.45, 7) is 7.77. The number of hydrogen-bond acceptors (Lipinski definition) is 4. The van der Waals surface area contributed by atoms with Gasteiger partial charge >= 0.3 is 0 Å². The third kappa shape index (κ3) is 2.27. The molecule has 6 rings (SSSR count). The summed E-state index contributed by atoms with van der Waals surface area (Å²) < 4.78 is 6.15. The van der Waals surface area contributed by atoms with Crippen molar-refractivity contribution >= 4 is 16.7 Å². The molecule has 2 saturated carbocycles. The first-order valence-electron chi connectivity index (χ1n) is 12.0. The summed E-state index contributed by atoms with van der Waals surface area (Å²) in [7, 11) is 0. The molecular formula is C27H33NO4. The summed E-state index contributed by atoms with van der Waals surface area (Å²) in [4.78, 5) is 16.7. The Morgan fingerprint density at radius 3 is 2.66 bits per heavy atom. The van der Waals surface area contributed by atoms with Crippen molar-refractivity contribution in [3.05, 3.63) is 47.2 Å². The minimum Gasteiger partial charge on any atom is -0.387 e. The first kappa shape index (κ1) is 20.6. The molecule has 0 unspecified atom stereocenters. The number of fused-ring (bicyclic) bond motifs is 9. The Kier molecular flexibility index (Phi) is 3.96. The number of para-hydroxylation sites is 1. The molecule has 1 aromatic heterocycles. The molecule has 5 heteroatoms. The summed E-state index contributed by atoms with van der Waals surface area (Å²) in [5, 5.41) is 24.1. The predicted molar refractivity (Wildman–Crippen MR) is 122 cm³/mol. The van der Waals surface area contributed by atoms with Crippen LogP contribution in [0.2, 0.25) is 0 Å². The maximum Gasteiger partial charge on any atom is 0.187 e. The number of hydrogen-bond donors (Lipinski definition) is 3. The number of rotatable bonds is 1. The monoisotopic (exact) mass is 435 g/mol. The van der Waals surface area contributed by atoms with E-state index in [1.54, 1.807) is 19.9 Å². The standard InChI is InChI=1S/C27H33NO4/c1-24(2,30)23-20(29)14-18-21(32-23)10-11-25(3)26(4)15(9-12-27(18,25)31)13-17-16-7-5-6-8-19(16)28-22(17)26/h5-8,14-15,21,23,28,30-31H,9-13H2,1-4H3/t15-,21-,23-,25-,26+,27+/m1/s1. The zero-order valence-electron chi connectivity index (χ0n) is 19.4. The second-order valence-electron chi connectivity index (χ2n) is 11.6. The molecule has 170 valence electrons. The maximum absolute atomic E-state index is 13.0. The van der Waals surface area contributed by atoms with E-state index in [2.05, 4.69) is 43.1 Å². The molecule has 6 atom stereocenters. The number of aliphatic hydroxyl groups is 2. The smallest absolute Gasteiger partial charge is 0.187 e. The molecule has 0 amide bonds. The fourth-order valence-corrected chi connectivity index (χ4v) is 7.82. The molecular weight excluding hydrogens is 402 g/mol. The van der Waals surface area contributed by atoms with Crippen molar-refractivity contribution in [2.45, 2.75) is 88.6 Å². The molecule has 0 radical (unpaired) electrons. The third-order valence-corrected chi connectivity index (χ3v) is 9.74. The van der Waals surface area contributed by atoms with Gasteiger partial charge in [0.1, 0.15) is 6.10 Å². The molecule has 3 aliphatic carbocycles. The van der Waals surface area contributed by atoms with E-state index in [1.807, 2.05) is 0 Å². The lowest BCUT2D eigenvalue weighted by Crippen LogP contribution is -2.68. The van der Waals surface area contributed by atoms with Crippen LogP contribution in [-0.2, 0) is 21.4 Å². The lowest BCUT2D eigenvalue weighted by Gasteiger charge is -2.64. The fraction of sp³-hybridized carbons (Fsp3) is 0.593. The van der Waals surface area contributed by atoms with Gasteiger partial charge in [0.2, 0.25) is 0 Å². The zero-order chi connectivity index (χ0) is 22.7. The van der Waals surface area contributed by atoms with Gasteiger partial charge in [-0.1, -0.05) is 32.0 Å². The van der Waals surface area contributed by atoms with Gasteiger partial charge in [0.05, 0.1) is 17.3 Å². The molecule has 0 bridgehead atoms. The van der Waals surface area contributed by atoms with E-state index in [-0.39, 0.29) is 17.3 Å². The molecule has 32 heavy (non-hydrogen) atoms. The summed E-state index contributed by atoms with van der Waals surface area (Å²) in [5.74, 6) is 0.214. The van der Waals surface area contributed by atoms with Crippen LogP contribution >= 0.6 is 0 Å². The summed E-state index contributed by atoms with van der Waals surface area (Å²) in [5.41, 5.74) is 1.53. The number of aromatic amines is 1. The van der Waals surface area contributed by atoms with Crippen molar-refractivity contribution in [3.63, 3.8) is 0 Å². The van der Waals surface area contributed by atoms with E-state index in [4.69, 9.17) is 4.74 Å². The van der Waals surface area contributed by atoms with Crippen LogP contribution in [0.15, 0.2) is 35.9 Å². The molecule has 2 aromatic rings. The molecule has 3 N–H and O–H groups in total. The van der Waals surface area contributed by atoms with E-state index in [1.165, 1.54) is 16.6 Å². The molecule has 2 fully saturated rings. The van der Waals surface area contributed by atoms with E-state index in [0.717, 1.165) is 36.8 Å². The van der Waals surface area contributed by atoms with Gasteiger partial charge in [-0.3, -0.25) is 4.79 Å². The van der Waals surface area contributed by atoms with E-state index < -0.39 is 22.7 Å². The maximum atomic E-state index is 13.0.